The maximum absolute atomic E-state index is 12.5. The Bertz CT molecular complexity index is 987. The minimum atomic E-state index is -4.41. The molecule has 1 amide bonds. The van der Waals surface area contributed by atoms with Crippen LogP contribution < -0.4 is 16.4 Å². The largest absolute Gasteiger partial charge is 0.416 e. The van der Waals surface area contributed by atoms with Crippen LogP contribution in [0.15, 0.2) is 65.3 Å². The number of amides is 1. The summed E-state index contributed by atoms with van der Waals surface area (Å²) in [5.74, 6) is -0.765. The standard InChI is InChI=1S/C19H15F3N6O/c20-19(21,22)14-3-7-15(8-4-14)26-11-27-17(25)12-1-5-16(6-2-12)28-18(29)13(9-23)10-24/h1-9,11H,23H2,(H,28,29)(H2,25,26,27)/b13-9+. The van der Waals surface area contributed by atoms with E-state index in [2.05, 4.69) is 15.6 Å². The fourth-order valence-corrected chi connectivity index (χ4v) is 2.07. The molecule has 0 aliphatic carbocycles. The number of carbonyl (C=O) groups is 1. The van der Waals surface area contributed by atoms with Crippen molar-refractivity contribution in [3.05, 3.63) is 71.4 Å². The Labute approximate surface area is 163 Å². The molecule has 0 unspecified atom stereocenters. The number of anilines is 2. The molecule has 0 atom stereocenters. The molecule has 0 spiro atoms. The normalized spacial score (nSPS) is 11.7. The Balaban J connectivity index is 1.95. The molecule has 0 bridgehead atoms. The predicted molar refractivity (Wildman–Crippen MR) is 103 cm³/mol. The number of aliphatic imine (C=N–C) groups is 1. The number of nitrogens with one attached hydrogen (secondary N) is 3. The Kier molecular flexibility index (Phi) is 6.71. The fraction of sp³-hybridized carbons (Fsp3) is 0.0526. The summed E-state index contributed by atoms with van der Waals surface area (Å²) in [4.78, 5) is 15.6. The summed E-state index contributed by atoms with van der Waals surface area (Å²) in [6.07, 6.45) is -2.32. The average molecular weight is 400 g/mol. The smallest absolute Gasteiger partial charge is 0.403 e. The lowest BCUT2D eigenvalue weighted by Gasteiger charge is -2.07. The van der Waals surface area contributed by atoms with E-state index < -0.39 is 17.6 Å². The van der Waals surface area contributed by atoms with Crippen LogP contribution in [-0.4, -0.2) is 18.1 Å². The summed E-state index contributed by atoms with van der Waals surface area (Å²) in [6, 6.07) is 12.1. The summed E-state index contributed by atoms with van der Waals surface area (Å²) in [6.45, 7) is 0. The van der Waals surface area contributed by atoms with Gasteiger partial charge in [-0.3, -0.25) is 10.2 Å². The van der Waals surface area contributed by atoms with Crippen molar-refractivity contribution in [1.82, 2.24) is 0 Å². The zero-order valence-electron chi connectivity index (χ0n) is 14.8. The molecule has 0 fully saturated rings. The van der Waals surface area contributed by atoms with Crippen molar-refractivity contribution in [2.24, 2.45) is 10.7 Å². The number of hydrogen-bond donors (Lipinski definition) is 4. The first-order valence-electron chi connectivity index (χ1n) is 8.03. The van der Waals surface area contributed by atoms with Gasteiger partial charge in [0.05, 0.1) is 11.9 Å². The lowest BCUT2D eigenvalue weighted by atomic mass is 10.2. The van der Waals surface area contributed by atoms with Gasteiger partial charge < -0.3 is 16.4 Å². The molecule has 10 heteroatoms. The molecule has 2 rings (SSSR count). The third kappa shape index (κ3) is 5.93. The number of alkyl halides is 3. The summed E-state index contributed by atoms with van der Waals surface area (Å²) in [7, 11) is 0. The van der Waals surface area contributed by atoms with E-state index in [0.29, 0.717) is 16.9 Å². The van der Waals surface area contributed by atoms with Crippen LogP contribution in [0, 0.1) is 16.7 Å². The second kappa shape index (κ2) is 9.18. The van der Waals surface area contributed by atoms with Crippen LogP contribution in [0.2, 0.25) is 0 Å². The Morgan fingerprint density at radius 3 is 2.21 bits per heavy atom. The van der Waals surface area contributed by atoms with E-state index in [4.69, 9.17) is 16.4 Å². The van der Waals surface area contributed by atoms with E-state index in [1.165, 1.54) is 42.7 Å². The van der Waals surface area contributed by atoms with Crippen molar-refractivity contribution >= 4 is 29.5 Å². The topological polar surface area (TPSA) is 127 Å². The average Bonchev–Trinajstić information content (AvgIpc) is 2.69. The van der Waals surface area contributed by atoms with Gasteiger partial charge in [0.15, 0.2) is 5.84 Å². The summed E-state index contributed by atoms with van der Waals surface area (Å²) in [5, 5.41) is 21.8. The summed E-state index contributed by atoms with van der Waals surface area (Å²) >= 11 is 0. The molecule has 0 aliphatic heterocycles. The quantitative estimate of drug-likeness (QED) is 0.265. The molecular formula is C19H15F3N6O. The molecule has 29 heavy (non-hydrogen) atoms. The van der Waals surface area contributed by atoms with E-state index in [-0.39, 0.29) is 11.4 Å². The van der Waals surface area contributed by atoms with Crippen LogP contribution in [0.4, 0.5) is 24.5 Å². The summed E-state index contributed by atoms with van der Waals surface area (Å²) < 4.78 is 37.6. The van der Waals surface area contributed by atoms with Crippen LogP contribution in [0.1, 0.15) is 11.1 Å². The maximum Gasteiger partial charge on any atom is 0.416 e. The lowest BCUT2D eigenvalue weighted by molar-refractivity contribution is -0.137. The second-order valence-electron chi connectivity index (χ2n) is 5.55. The molecule has 2 aromatic rings. The Hall–Kier alpha value is -4.13. The first kappa shape index (κ1) is 21.2. The van der Waals surface area contributed by atoms with Gasteiger partial charge in [-0.05, 0) is 48.5 Å². The number of benzene rings is 2. The zero-order valence-corrected chi connectivity index (χ0v) is 14.8. The van der Waals surface area contributed by atoms with E-state index in [9.17, 15) is 18.0 Å². The van der Waals surface area contributed by atoms with Gasteiger partial charge in [0.25, 0.3) is 5.91 Å². The molecule has 0 aliphatic rings. The fourth-order valence-electron chi connectivity index (χ4n) is 2.07. The van der Waals surface area contributed by atoms with Crippen LogP contribution in [0.5, 0.6) is 0 Å². The van der Waals surface area contributed by atoms with E-state index in [0.717, 1.165) is 18.3 Å². The number of amidine groups is 1. The molecule has 0 saturated carbocycles. The van der Waals surface area contributed by atoms with Crippen molar-refractivity contribution in [2.75, 3.05) is 10.6 Å². The molecular weight excluding hydrogens is 385 g/mol. The predicted octanol–water partition coefficient (Wildman–Crippen LogP) is 3.48. The maximum atomic E-state index is 12.5. The van der Waals surface area contributed by atoms with E-state index in [1.807, 2.05) is 0 Å². The van der Waals surface area contributed by atoms with E-state index in [1.54, 1.807) is 6.07 Å². The number of rotatable bonds is 5. The van der Waals surface area contributed by atoms with Crippen molar-refractivity contribution in [1.29, 1.82) is 10.7 Å². The molecule has 5 N–H and O–H groups in total. The number of nitrogens with two attached hydrogens (primary N) is 1. The Morgan fingerprint density at radius 2 is 1.69 bits per heavy atom. The number of nitrogens with zero attached hydrogens (tertiary/aromatic N) is 2. The van der Waals surface area contributed by atoms with Gasteiger partial charge in [0, 0.05) is 23.1 Å². The lowest BCUT2D eigenvalue weighted by Crippen LogP contribution is -2.14. The number of hydrogen-bond acceptors (Lipinski definition) is 4. The van der Waals surface area contributed by atoms with Crippen molar-refractivity contribution in [2.45, 2.75) is 6.18 Å². The SMILES string of the molecule is N#C/C(=C\N)C(=O)Nc1ccc(C(=N)/N=C\Nc2ccc(C(F)(F)F)cc2)cc1. The van der Waals surface area contributed by atoms with Crippen LogP contribution >= 0.6 is 0 Å². The minimum absolute atomic E-state index is 0.109. The highest BCUT2D eigenvalue weighted by Crippen LogP contribution is 2.29. The number of carbonyl (C=O) groups excluding carboxylic acids is 1. The Morgan fingerprint density at radius 1 is 1.10 bits per heavy atom. The highest BCUT2D eigenvalue weighted by molar-refractivity contribution is 6.07. The summed E-state index contributed by atoms with van der Waals surface area (Å²) in [5.41, 5.74) is 5.39. The molecule has 7 nitrogen and oxygen atoms in total. The van der Waals surface area contributed by atoms with Crippen molar-refractivity contribution in [3.8, 4) is 6.07 Å². The van der Waals surface area contributed by atoms with Gasteiger partial charge in [-0.15, -0.1) is 0 Å². The van der Waals surface area contributed by atoms with Gasteiger partial charge >= 0.3 is 6.18 Å². The first-order chi connectivity index (χ1) is 13.7. The van der Waals surface area contributed by atoms with E-state index >= 15 is 0 Å². The molecule has 0 aromatic heterocycles. The third-order valence-electron chi connectivity index (χ3n) is 3.59. The molecule has 0 saturated heterocycles. The highest BCUT2D eigenvalue weighted by Gasteiger charge is 2.29. The number of halogens is 3. The number of nitriles is 1. The van der Waals surface area contributed by atoms with Gasteiger partial charge in [-0.2, -0.15) is 18.4 Å². The monoisotopic (exact) mass is 400 g/mol. The van der Waals surface area contributed by atoms with Crippen molar-refractivity contribution in [3.63, 3.8) is 0 Å². The zero-order chi connectivity index (χ0) is 21.4. The third-order valence-corrected chi connectivity index (χ3v) is 3.59. The molecule has 2 aromatic carbocycles. The van der Waals surface area contributed by atoms with Crippen LogP contribution in [0.3, 0.4) is 0 Å². The molecule has 148 valence electrons. The minimum Gasteiger partial charge on any atom is -0.403 e. The molecule has 0 heterocycles. The van der Waals surface area contributed by atoms with Crippen LogP contribution in [0.25, 0.3) is 0 Å². The van der Waals surface area contributed by atoms with Gasteiger partial charge in [0.1, 0.15) is 11.6 Å². The van der Waals surface area contributed by atoms with Crippen LogP contribution in [-0.2, 0) is 11.0 Å². The highest BCUT2D eigenvalue weighted by atomic mass is 19.4. The van der Waals surface area contributed by atoms with Gasteiger partial charge in [0.2, 0.25) is 0 Å². The van der Waals surface area contributed by atoms with Gasteiger partial charge in [-0.1, -0.05) is 0 Å². The second-order valence-corrected chi connectivity index (χ2v) is 5.55. The molecule has 0 radical (unpaired) electrons. The first-order valence-corrected chi connectivity index (χ1v) is 8.03. The van der Waals surface area contributed by atoms with Gasteiger partial charge in [-0.25, -0.2) is 4.99 Å². The van der Waals surface area contributed by atoms with Crippen molar-refractivity contribution < 1.29 is 18.0 Å².